The van der Waals surface area contributed by atoms with E-state index in [1.54, 1.807) is 11.3 Å². The number of rotatable bonds is 7. The molecule has 1 aromatic heterocycles. The van der Waals surface area contributed by atoms with Crippen molar-refractivity contribution in [2.24, 2.45) is 4.99 Å². The van der Waals surface area contributed by atoms with Gasteiger partial charge in [0.25, 0.3) is 0 Å². The van der Waals surface area contributed by atoms with E-state index in [9.17, 15) is 4.79 Å². The summed E-state index contributed by atoms with van der Waals surface area (Å²) in [5.41, 5.74) is 1.05. The highest BCUT2D eigenvalue weighted by Gasteiger charge is 2.16. The van der Waals surface area contributed by atoms with Crippen LogP contribution in [0.1, 0.15) is 49.7 Å². The zero-order valence-electron chi connectivity index (χ0n) is 15.4. The Hall–Kier alpha value is -0.900. The molecule has 0 unspecified atom stereocenters. The third-order valence-electron chi connectivity index (χ3n) is 4.08. The van der Waals surface area contributed by atoms with Gasteiger partial charge in [0.05, 0.1) is 23.8 Å². The lowest BCUT2D eigenvalue weighted by molar-refractivity contribution is -0.121. The van der Waals surface area contributed by atoms with Gasteiger partial charge in [-0.15, -0.1) is 35.3 Å². The van der Waals surface area contributed by atoms with Gasteiger partial charge in [-0.2, -0.15) is 0 Å². The Morgan fingerprint density at radius 2 is 2.16 bits per heavy atom. The smallest absolute Gasteiger partial charge is 0.222 e. The molecule has 0 radical (unpaired) electrons. The molecule has 1 amide bonds. The van der Waals surface area contributed by atoms with E-state index in [1.165, 1.54) is 12.8 Å². The molecule has 1 heterocycles. The minimum absolute atomic E-state index is 0. The summed E-state index contributed by atoms with van der Waals surface area (Å²) >= 11 is 1.66. The standard InChI is InChI=1S/C17H29N5OS.HI/c1-4-18-17(22(3)11-15-12-24-13(2)20-15)19-10-9-16(23)21-14-7-5-6-8-14;/h12,14H,4-11H2,1-3H3,(H,18,19)(H,21,23);1H. The Kier molecular flexibility index (Phi) is 10.3. The Labute approximate surface area is 171 Å². The number of thiazole rings is 1. The van der Waals surface area contributed by atoms with E-state index in [2.05, 4.69) is 26.0 Å². The second-order valence-electron chi connectivity index (χ2n) is 6.25. The predicted octanol–water partition coefficient (Wildman–Crippen LogP) is 2.92. The van der Waals surface area contributed by atoms with Crippen molar-refractivity contribution in [1.29, 1.82) is 0 Å². The molecule has 25 heavy (non-hydrogen) atoms. The van der Waals surface area contributed by atoms with E-state index in [-0.39, 0.29) is 29.9 Å². The quantitative estimate of drug-likeness (QED) is 0.359. The van der Waals surface area contributed by atoms with E-state index in [4.69, 9.17) is 0 Å². The fourth-order valence-electron chi connectivity index (χ4n) is 2.90. The number of carbonyl (C=O) groups is 1. The Bertz CT molecular complexity index is 557. The van der Waals surface area contributed by atoms with Gasteiger partial charge < -0.3 is 15.5 Å². The lowest BCUT2D eigenvalue weighted by Gasteiger charge is -2.21. The maximum Gasteiger partial charge on any atom is 0.222 e. The molecule has 0 saturated heterocycles. The zero-order chi connectivity index (χ0) is 17.4. The summed E-state index contributed by atoms with van der Waals surface area (Å²) in [6.07, 6.45) is 5.14. The van der Waals surface area contributed by atoms with Crippen molar-refractivity contribution in [2.45, 2.75) is 58.5 Å². The minimum atomic E-state index is 0. The summed E-state index contributed by atoms with van der Waals surface area (Å²) < 4.78 is 0. The topological polar surface area (TPSA) is 69.6 Å². The molecule has 0 atom stereocenters. The van der Waals surface area contributed by atoms with Crippen molar-refractivity contribution < 1.29 is 4.79 Å². The molecule has 0 spiro atoms. The number of aliphatic imine (C=N–C) groups is 1. The van der Waals surface area contributed by atoms with Crippen molar-refractivity contribution in [3.8, 4) is 0 Å². The molecule has 1 fully saturated rings. The molecule has 2 N–H and O–H groups in total. The van der Waals surface area contributed by atoms with Crippen molar-refractivity contribution in [1.82, 2.24) is 20.5 Å². The number of aryl methyl sites for hydroxylation is 1. The van der Waals surface area contributed by atoms with Crippen molar-refractivity contribution in [3.05, 3.63) is 16.1 Å². The number of guanidine groups is 1. The highest BCUT2D eigenvalue weighted by Crippen LogP contribution is 2.17. The molecule has 0 bridgehead atoms. The SMILES string of the molecule is CCNC(=NCCC(=O)NC1CCCC1)N(C)Cc1csc(C)n1.I. The first kappa shape index (κ1) is 22.1. The van der Waals surface area contributed by atoms with Gasteiger partial charge in [-0.05, 0) is 26.7 Å². The summed E-state index contributed by atoms with van der Waals surface area (Å²) in [5.74, 6) is 0.927. The van der Waals surface area contributed by atoms with Gasteiger partial charge in [-0.3, -0.25) is 9.79 Å². The normalized spacial score (nSPS) is 14.9. The molecule has 0 aromatic carbocycles. The van der Waals surface area contributed by atoms with Gasteiger partial charge in [-0.1, -0.05) is 12.8 Å². The highest BCUT2D eigenvalue weighted by atomic mass is 127. The van der Waals surface area contributed by atoms with E-state index < -0.39 is 0 Å². The number of amides is 1. The summed E-state index contributed by atoms with van der Waals surface area (Å²) in [6.45, 7) is 6.07. The van der Waals surface area contributed by atoms with E-state index in [0.717, 1.165) is 36.0 Å². The van der Waals surface area contributed by atoms with E-state index >= 15 is 0 Å². The van der Waals surface area contributed by atoms with Crippen molar-refractivity contribution in [2.75, 3.05) is 20.1 Å². The third kappa shape index (κ3) is 7.89. The lowest BCUT2D eigenvalue weighted by Crippen LogP contribution is -2.39. The van der Waals surface area contributed by atoms with E-state index in [0.29, 0.717) is 25.6 Å². The number of nitrogens with one attached hydrogen (secondary N) is 2. The van der Waals surface area contributed by atoms with Crippen LogP contribution >= 0.6 is 35.3 Å². The molecule has 8 heteroatoms. The molecular formula is C17H30IN5OS. The zero-order valence-corrected chi connectivity index (χ0v) is 18.5. The number of hydrogen-bond acceptors (Lipinski definition) is 4. The first-order valence-electron chi connectivity index (χ1n) is 8.78. The predicted molar refractivity (Wildman–Crippen MR) is 115 cm³/mol. The number of nitrogens with zero attached hydrogens (tertiary/aromatic N) is 3. The molecule has 0 aliphatic heterocycles. The molecule has 1 aliphatic carbocycles. The van der Waals surface area contributed by atoms with Crippen LogP contribution in [0.15, 0.2) is 10.4 Å². The summed E-state index contributed by atoms with van der Waals surface area (Å²) in [4.78, 5) is 23.1. The number of hydrogen-bond donors (Lipinski definition) is 2. The number of halogens is 1. The molecule has 6 nitrogen and oxygen atoms in total. The Balaban J connectivity index is 0.00000312. The average Bonchev–Trinajstić information content (AvgIpc) is 3.18. The lowest BCUT2D eigenvalue weighted by atomic mass is 10.2. The van der Waals surface area contributed by atoms with Crippen LogP contribution in [-0.4, -0.2) is 47.9 Å². The maximum atomic E-state index is 12.0. The molecule has 142 valence electrons. The van der Waals surface area contributed by atoms with Crippen molar-refractivity contribution >= 4 is 47.2 Å². The van der Waals surface area contributed by atoms with Crippen LogP contribution in [0.3, 0.4) is 0 Å². The second kappa shape index (κ2) is 11.7. The third-order valence-corrected chi connectivity index (χ3v) is 4.91. The van der Waals surface area contributed by atoms with Crippen LogP contribution in [0.4, 0.5) is 0 Å². The second-order valence-corrected chi connectivity index (χ2v) is 7.31. The maximum absolute atomic E-state index is 12.0. The largest absolute Gasteiger partial charge is 0.357 e. The Morgan fingerprint density at radius 1 is 1.44 bits per heavy atom. The van der Waals surface area contributed by atoms with Gasteiger partial charge in [0, 0.05) is 31.4 Å². The Morgan fingerprint density at radius 3 is 2.76 bits per heavy atom. The van der Waals surface area contributed by atoms with Crippen LogP contribution in [0.5, 0.6) is 0 Å². The molecule has 2 rings (SSSR count). The minimum Gasteiger partial charge on any atom is -0.357 e. The number of aromatic nitrogens is 1. The number of carbonyl (C=O) groups excluding carboxylic acids is 1. The van der Waals surface area contributed by atoms with Gasteiger partial charge in [0.1, 0.15) is 0 Å². The molecule has 1 aromatic rings. The van der Waals surface area contributed by atoms with Crippen LogP contribution in [0.25, 0.3) is 0 Å². The molecule has 1 saturated carbocycles. The van der Waals surface area contributed by atoms with Crippen LogP contribution < -0.4 is 10.6 Å². The van der Waals surface area contributed by atoms with Crippen LogP contribution in [0.2, 0.25) is 0 Å². The first-order chi connectivity index (χ1) is 11.6. The summed E-state index contributed by atoms with van der Waals surface area (Å²) in [6, 6.07) is 0.380. The fraction of sp³-hybridized carbons (Fsp3) is 0.706. The van der Waals surface area contributed by atoms with Crippen molar-refractivity contribution in [3.63, 3.8) is 0 Å². The average molecular weight is 479 g/mol. The monoisotopic (exact) mass is 479 g/mol. The molecule has 1 aliphatic rings. The van der Waals surface area contributed by atoms with Crippen LogP contribution in [0, 0.1) is 6.92 Å². The highest BCUT2D eigenvalue weighted by molar-refractivity contribution is 14.0. The van der Waals surface area contributed by atoms with Gasteiger partial charge in [0.15, 0.2) is 5.96 Å². The fourth-order valence-corrected chi connectivity index (χ4v) is 3.51. The summed E-state index contributed by atoms with van der Waals surface area (Å²) in [7, 11) is 1.99. The van der Waals surface area contributed by atoms with Gasteiger partial charge >= 0.3 is 0 Å². The van der Waals surface area contributed by atoms with Gasteiger partial charge in [-0.25, -0.2) is 4.98 Å². The van der Waals surface area contributed by atoms with Crippen LogP contribution in [-0.2, 0) is 11.3 Å². The van der Waals surface area contributed by atoms with Gasteiger partial charge in [0.2, 0.25) is 5.91 Å². The summed E-state index contributed by atoms with van der Waals surface area (Å²) in [5, 5.41) is 9.53. The first-order valence-corrected chi connectivity index (χ1v) is 9.66. The molecular weight excluding hydrogens is 449 g/mol. The van der Waals surface area contributed by atoms with E-state index in [1.807, 2.05) is 25.8 Å².